The van der Waals surface area contributed by atoms with Gasteiger partial charge in [-0.1, -0.05) is 11.2 Å². The molecule has 0 N–H and O–H groups in total. The molecule has 2 aromatic rings. The van der Waals surface area contributed by atoms with Gasteiger partial charge in [0.25, 0.3) is 0 Å². The summed E-state index contributed by atoms with van der Waals surface area (Å²) in [6.07, 6.45) is 1.04. The van der Waals surface area contributed by atoms with E-state index < -0.39 is 21.4 Å². The van der Waals surface area contributed by atoms with E-state index in [4.69, 9.17) is 0 Å². The first-order valence-corrected chi connectivity index (χ1v) is 5.97. The van der Waals surface area contributed by atoms with Crippen molar-refractivity contribution in [3.63, 3.8) is 0 Å². The number of sulfone groups is 1. The second-order valence-electron chi connectivity index (χ2n) is 3.06. The first kappa shape index (κ1) is 10.7. The standard InChI is InChI=1S/C9H7FN2O3S/c10-7-2-1-3-8(4-7)16(13,14)5-9-11-6-15-12-9/h1-4,6H,5H2. The maximum atomic E-state index is 12.9. The van der Waals surface area contributed by atoms with Crippen molar-refractivity contribution in [2.45, 2.75) is 10.6 Å². The van der Waals surface area contributed by atoms with Gasteiger partial charge in [0, 0.05) is 0 Å². The molecule has 1 aromatic heterocycles. The Labute approximate surface area is 90.8 Å². The van der Waals surface area contributed by atoms with Gasteiger partial charge in [0.2, 0.25) is 6.39 Å². The van der Waals surface area contributed by atoms with Crippen LogP contribution in [0.2, 0.25) is 0 Å². The molecule has 0 radical (unpaired) electrons. The highest BCUT2D eigenvalue weighted by molar-refractivity contribution is 7.90. The fourth-order valence-electron chi connectivity index (χ4n) is 1.17. The SMILES string of the molecule is O=S(=O)(Cc1ncon1)c1cccc(F)c1. The van der Waals surface area contributed by atoms with Gasteiger partial charge in [-0.2, -0.15) is 4.98 Å². The Morgan fingerprint density at radius 2 is 2.19 bits per heavy atom. The zero-order valence-corrected chi connectivity index (χ0v) is 8.82. The molecular weight excluding hydrogens is 235 g/mol. The Morgan fingerprint density at radius 3 is 2.81 bits per heavy atom. The smallest absolute Gasteiger partial charge is 0.213 e. The lowest BCUT2D eigenvalue weighted by molar-refractivity contribution is 0.411. The molecule has 5 nitrogen and oxygen atoms in total. The molecule has 1 heterocycles. The van der Waals surface area contributed by atoms with Crippen LogP contribution in [0, 0.1) is 5.82 Å². The lowest BCUT2D eigenvalue weighted by Crippen LogP contribution is -2.06. The molecule has 0 saturated carbocycles. The van der Waals surface area contributed by atoms with Crippen LogP contribution in [-0.2, 0) is 15.6 Å². The van der Waals surface area contributed by atoms with Crippen molar-refractivity contribution in [2.24, 2.45) is 0 Å². The van der Waals surface area contributed by atoms with Gasteiger partial charge in [0.05, 0.1) is 4.90 Å². The van der Waals surface area contributed by atoms with Crippen LogP contribution in [0.1, 0.15) is 5.82 Å². The molecular formula is C9H7FN2O3S. The molecule has 0 bridgehead atoms. The number of aromatic nitrogens is 2. The van der Waals surface area contributed by atoms with Crippen molar-refractivity contribution in [1.82, 2.24) is 10.1 Å². The highest BCUT2D eigenvalue weighted by Crippen LogP contribution is 2.15. The van der Waals surface area contributed by atoms with Gasteiger partial charge >= 0.3 is 0 Å². The van der Waals surface area contributed by atoms with Crippen molar-refractivity contribution in [1.29, 1.82) is 0 Å². The minimum atomic E-state index is -3.63. The van der Waals surface area contributed by atoms with E-state index >= 15 is 0 Å². The van der Waals surface area contributed by atoms with Crippen LogP contribution in [0.5, 0.6) is 0 Å². The van der Waals surface area contributed by atoms with E-state index in [1.807, 2.05) is 0 Å². The van der Waals surface area contributed by atoms with Crippen LogP contribution >= 0.6 is 0 Å². The largest absolute Gasteiger partial charge is 0.343 e. The number of benzene rings is 1. The van der Waals surface area contributed by atoms with Crippen molar-refractivity contribution >= 4 is 9.84 Å². The summed E-state index contributed by atoms with van der Waals surface area (Å²) in [7, 11) is -3.63. The van der Waals surface area contributed by atoms with Crippen LogP contribution in [0.3, 0.4) is 0 Å². The van der Waals surface area contributed by atoms with Gasteiger partial charge in [-0.3, -0.25) is 0 Å². The van der Waals surface area contributed by atoms with Gasteiger partial charge in [0.1, 0.15) is 11.6 Å². The Kier molecular flexibility index (Phi) is 2.69. The highest BCUT2D eigenvalue weighted by atomic mass is 32.2. The van der Waals surface area contributed by atoms with Crippen molar-refractivity contribution in [3.05, 3.63) is 42.3 Å². The van der Waals surface area contributed by atoms with E-state index in [0.717, 1.165) is 12.5 Å². The molecule has 0 amide bonds. The lowest BCUT2D eigenvalue weighted by Gasteiger charge is -2.00. The van der Waals surface area contributed by atoms with E-state index in [2.05, 4.69) is 14.7 Å². The number of halogens is 1. The maximum Gasteiger partial charge on any atom is 0.213 e. The summed E-state index contributed by atoms with van der Waals surface area (Å²) in [4.78, 5) is 3.50. The fourth-order valence-corrected chi connectivity index (χ4v) is 2.38. The van der Waals surface area contributed by atoms with E-state index in [1.165, 1.54) is 18.2 Å². The van der Waals surface area contributed by atoms with Crippen LogP contribution in [0.15, 0.2) is 40.1 Å². The summed E-state index contributed by atoms with van der Waals surface area (Å²) < 4.78 is 40.8. The molecule has 0 aliphatic carbocycles. The quantitative estimate of drug-likeness (QED) is 0.808. The molecule has 16 heavy (non-hydrogen) atoms. The number of rotatable bonds is 3. The normalized spacial score (nSPS) is 11.6. The van der Waals surface area contributed by atoms with Crippen LogP contribution < -0.4 is 0 Å². The van der Waals surface area contributed by atoms with Crippen LogP contribution in [0.25, 0.3) is 0 Å². The van der Waals surface area contributed by atoms with E-state index in [1.54, 1.807) is 0 Å². The summed E-state index contributed by atoms with van der Waals surface area (Å²) >= 11 is 0. The fraction of sp³-hybridized carbons (Fsp3) is 0.111. The molecule has 0 fully saturated rings. The molecule has 2 rings (SSSR count). The monoisotopic (exact) mass is 242 g/mol. The molecule has 0 atom stereocenters. The van der Waals surface area contributed by atoms with Crippen molar-refractivity contribution < 1.29 is 17.3 Å². The molecule has 0 spiro atoms. The minimum absolute atomic E-state index is 0.0456. The van der Waals surface area contributed by atoms with E-state index in [-0.39, 0.29) is 10.7 Å². The number of hydrogen-bond acceptors (Lipinski definition) is 5. The molecule has 0 unspecified atom stereocenters. The van der Waals surface area contributed by atoms with E-state index in [0.29, 0.717) is 0 Å². The Balaban J connectivity index is 2.33. The topological polar surface area (TPSA) is 73.1 Å². The molecule has 0 saturated heterocycles. The minimum Gasteiger partial charge on any atom is -0.343 e. The zero-order chi connectivity index (χ0) is 11.6. The summed E-state index contributed by atoms with van der Waals surface area (Å²) in [6.45, 7) is 0. The second kappa shape index (κ2) is 4.01. The third-order valence-electron chi connectivity index (χ3n) is 1.88. The number of hydrogen-bond donors (Lipinski definition) is 0. The van der Waals surface area contributed by atoms with Gasteiger partial charge in [-0.05, 0) is 18.2 Å². The number of nitrogens with zero attached hydrogens (tertiary/aromatic N) is 2. The van der Waals surface area contributed by atoms with Gasteiger partial charge in [-0.15, -0.1) is 0 Å². The predicted octanol–water partition coefficient (Wildman–Crippen LogP) is 1.18. The second-order valence-corrected chi connectivity index (χ2v) is 5.05. The molecule has 7 heteroatoms. The van der Waals surface area contributed by atoms with Gasteiger partial charge in [0.15, 0.2) is 15.7 Å². The molecule has 0 aliphatic rings. The molecule has 1 aromatic carbocycles. The van der Waals surface area contributed by atoms with Gasteiger partial charge < -0.3 is 4.52 Å². The zero-order valence-electron chi connectivity index (χ0n) is 8.00. The maximum absolute atomic E-state index is 12.9. The summed E-state index contributed by atoms with van der Waals surface area (Å²) in [6, 6.07) is 4.78. The predicted molar refractivity (Wildman–Crippen MR) is 51.6 cm³/mol. The van der Waals surface area contributed by atoms with Crippen molar-refractivity contribution in [3.8, 4) is 0 Å². The Bertz CT molecular complexity index is 581. The molecule has 84 valence electrons. The third kappa shape index (κ3) is 2.25. The van der Waals surface area contributed by atoms with Crippen molar-refractivity contribution in [2.75, 3.05) is 0 Å². The third-order valence-corrected chi connectivity index (χ3v) is 3.49. The summed E-state index contributed by atoms with van der Waals surface area (Å²) in [5, 5.41) is 3.39. The average Bonchev–Trinajstić information content (AvgIpc) is 2.70. The Morgan fingerprint density at radius 1 is 1.38 bits per heavy atom. The average molecular weight is 242 g/mol. The first-order chi connectivity index (χ1) is 7.58. The first-order valence-electron chi connectivity index (χ1n) is 4.31. The van der Waals surface area contributed by atoms with Gasteiger partial charge in [-0.25, -0.2) is 12.8 Å². The van der Waals surface area contributed by atoms with Crippen LogP contribution in [0.4, 0.5) is 4.39 Å². The van der Waals surface area contributed by atoms with E-state index in [9.17, 15) is 12.8 Å². The molecule has 0 aliphatic heterocycles. The summed E-state index contributed by atoms with van der Waals surface area (Å²) in [5.41, 5.74) is 0. The summed E-state index contributed by atoms with van der Waals surface area (Å²) in [5.74, 6) is -0.967. The highest BCUT2D eigenvalue weighted by Gasteiger charge is 2.18. The van der Waals surface area contributed by atoms with Crippen LogP contribution in [-0.4, -0.2) is 18.6 Å². The Hall–Kier alpha value is -1.76. The lowest BCUT2D eigenvalue weighted by atomic mass is 10.4.